The second-order valence-corrected chi connectivity index (χ2v) is 5.06. The van der Waals surface area contributed by atoms with E-state index in [1.165, 1.54) is 12.8 Å². The molecule has 3 N–H and O–H groups in total. The first-order chi connectivity index (χ1) is 7.76. The van der Waals surface area contributed by atoms with Crippen LogP contribution < -0.4 is 5.73 Å². The molecule has 2 rings (SSSR count). The van der Waals surface area contributed by atoms with E-state index in [0.29, 0.717) is 12.0 Å². The van der Waals surface area contributed by atoms with Crippen LogP contribution in [0, 0.1) is 5.92 Å². The maximum Gasteiger partial charge on any atom is 0.0700 e. The van der Waals surface area contributed by atoms with Gasteiger partial charge in [0, 0.05) is 25.2 Å². The van der Waals surface area contributed by atoms with E-state index in [0.717, 1.165) is 26.1 Å². The molecule has 1 aliphatic carbocycles. The van der Waals surface area contributed by atoms with Crippen molar-refractivity contribution in [3.63, 3.8) is 0 Å². The number of hydrogen-bond acceptors (Lipinski definition) is 4. The highest BCUT2D eigenvalue weighted by Gasteiger charge is 2.37. The van der Waals surface area contributed by atoms with Gasteiger partial charge in [0.15, 0.2) is 0 Å². The Labute approximate surface area is 97.7 Å². The first-order valence-corrected chi connectivity index (χ1v) is 6.48. The zero-order valence-corrected chi connectivity index (χ0v) is 10.1. The van der Waals surface area contributed by atoms with E-state index in [2.05, 4.69) is 11.8 Å². The number of aliphatic hydroxyl groups excluding tert-OH is 1. The van der Waals surface area contributed by atoms with Gasteiger partial charge >= 0.3 is 0 Å². The molecule has 3 atom stereocenters. The normalized spacial score (nSPS) is 31.3. The molecule has 4 heteroatoms. The summed E-state index contributed by atoms with van der Waals surface area (Å²) in [5.74, 6) is 0.639. The van der Waals surface area contributed by atoms with Crippen molar-refractivity contribution in [3.8, 4) is 0 Å². The predicted molar refractivity (Wildman–Crippen MR) is 63.2 cm³/mol. The second kappa shape index (κ2) is 5.45. The molecule has 1 heterocycles. The minimum Gasteiger partial charge on any atom is -0.395 e. The van der Waals surface area contributed by atoms with Gasteiger partial charge in [0.05, 0.1) is 19.3 Å². The van der Waals surface area contributed by atoms with Crippen LogP contribution in [0.5, 0.6) is 0 Å². The number of nitrogens with two attached hydrogens (primary N) is 1. The summed E-state index contributed by atoms with van der Waals surface area (Å²) < 4.78 is 5.64. The molecule has 4 nitrogen and oxygen atoms in total. The highest BCUT2D eigenvalue weighted by molar-refractivity contribution is 4.94. The molecule has 0 aromatic rings. The van der Waals surface area contributed by atoms with Crippen LogP contribution in [0.2, 0.25) is 0 Å². The average Bonchev–Trinajstić information content (AvgIpc) is 3.14. The fraction of sp³-hybridized carbons (Fsp3) is 1.00. The van der Waals surface area contributed by atoms with Gasteiger partial charge in [-0.15, -0.1) is 0 Å². The van der Waals surface area contributed by atoms with Crippen LogP contribution in [0.3, 0.4) is 0 Å². The molecule has 2 fully saturated rings. The van der Waals surface area contributed by atoms with Crippen LogP contribution in [-0.4, -0.2) is 54.5 Å². The SMILES string of the molecule is CCC1CN(C(CO)C(N)C2CC2)CCO1. The van der Waals surface area contributed by atoms with Crippen molar-refractivity contribution in [3.05, 3.63) is 0 Å². The largest absolute Gasteiger partial charge is 0.395 e. The lowest BCUT2D eigenvalue weighted by Gasteiger charge is -2.39. The quantitative estimate of drug-likeness (QED) is 0.705. The third-order valence-electron chi connectivity index (χ3n) is 3.89. The molecule has 0 amide bonds. The molecular weight excluding hydrogens is 204 g/mol. The van der Waals surface area contributed by atoms with Crippen molar-refractivity contribution in [2.75, 3.05) is 26.3 Å². The molecular formula is C12H24N2O2. The highest BCUT2D eigenvalue weighted by atomic mass is 16.5. The van der Waals surface area contributed by atoms with Crippen LogP contribution in [0.1, 0.15) is 26.2 Å². The maximum atomic E-state index is 9.52. The van der Waals surface area contributed by atoms with Gasteiger partial charge in [-0.05, 0) is 25.2 Å². The molecule has 1 aliphatic heterocycles. The number of rotatable bonds is 5. The second-order valence-electron chi connectivity index (χ2n) is 5.06. The monoisotopic (exact) mass is 228 g/mol. The van der Waals surface area contributed by atoms with E-state index in [-0.39, 0.29) is 18.7 Å². The van der Waals surface area contributed by atoms with Crippen molar-refractivity contribution in [2.24, 2.45) is 11.7 Å². The Morgan fingerprint density at radius 3 is 2.81 bits per heavy atom. The lowest BCUT2D eigenvalue weighted by Crippen LogP contribution is -2.56. The van der Waals surface area contributed by atoms with Gasteiger partial charge in [-0.25, -0.2) is 0 Å². The van der Waals surface area contributed by atoms with Crippen LogP contribution in [0.25, 0.3) is 0 Å². The van der Waals surface area contributed by atoms with Crippen molar-refractivity contribution >= 4 is 0 Å². The first-order valence-electron chi connectivity index (χ1n) is 6.48. The summed E-state index contributed by atoms with van der Waals surface area (Å²) in [6.07, 6.45) is 3.82. The number of ether oxygens (including phenoxy) is 1. The van der Waals surface area contributed by atoms with E-state index < -0.39 is 0 Å². The summed E-state index contributed by atoms with van der Waals surface area (Å²) in [6, 6.07) is 0.269. The van der Waals surface area contributed by atoms with Gasteiger partial charge < -0.3 is 15.6 Å². The van der Waals surface area contributed by atoms with Crippen molar-refractivity contribution in [1.29, 1.82) is 0 Å². The Kier molecular flexibility index (Phi) is 4.19. The predicted octanol–water partition coefficient (Wildman–Crippen LogP) is 0.195. The third-order valence-corrected chi connectivity index (χ3v) is 3.89. The zero-order chi connectivity index (χ0) is 11.5. The van der Waals surface area contributed by atoms with E-state index in [1.54, 1.807) is 0 Å². The summed E-state index contributed by atoms with van der Waals surface area (Å²) in [5.41, 5.74) is 6.21. The Morgan fingerprint density at radius 2 is 2.25 bits per heavy atom. The van der Waals surface area contributed by atoms with E-state index in [9.17, 15) is 5.11 Å². The minimum absolute atomic E-state index is 0.130. The fourth-order valence-corrected chi connectivity index (χ4v) is 2.57. The maximum absolute atomic E-state index is 9.52. The molecule has 0 aromatic carbocycles. The van der Waals surface area contributed by atoms with E-state index >= 15 is 0 Å². The molecule has 0 spiro atoms. The summed E-state index contributed by atoms with van der Waals surface area (Å²) in [6.45, 7) is 4.91. The van der Waals surface area contributed by atoms with Crippen LogP contribution in [-0.2, 0) is 4.74 Å². The van der Waals surface area contributed by atoms with Crippen molar-refractivity contribution in [2.45, 2.75) is 44.4 Å². The summed E-state index contributed by atoms with van der Waals surface area (Å²) >= 11 is 0. The molecule has 0 aromatic heterocycles. The van der Waals surface area contributed by atoms with Crippen LogP contribution >= 0.6 is 0 Å². The standard InChI is InChI=1S/C12H24N2O2/c1-2-10-7-14(5-6-16-10)11(8-15)12(13)9-3-4-9/h9-12,15H,2-8,13H2,1H3. The third kappa shape index (κ3) is 2.74. The van der Waals surface area contributed by atoms with Gasteiger partial charge in [-0.1, -0.05) is 6.92 Å². The number of hydrogen-bond donors (Lipinski definition) is 2. The zero-order valence-electron chi connectivity index (χ0n) is 10.1. The number of nitrogens with zero attached hydrogens (tertiary/aromatic N) is 1. The summed E-state index contributed by atoms with van der Waals surface area (Å²) in [4.78, 5) is 2.32. The van der Waals surface area contributed by atoms with Gasteiger partial charge in [0.25, 0.3) is 0 Å². The molecule has 1 saturated carbocycles. The smallest absolute Gasteiger partial charge is 0.0700 e. The topological polar surface area (TPSA) is 58.7 Å². The lowest BCUT2D eigenvalue weighted by molar-refractivity contribution is -0.0567. The summed E-state index contributed by atoms with van der Waals surface area (Å²) in [5, 5.41) is 9.52. The number of aliphatic hydroxyl groups is 1. The van der Waals surface area contributed by atoms with Crippen molar-refractivity contribution < 1.29 is 9.84 Å². The molecule has 94 valence electrons. The summed E-state index contributed by atoms with van der Waals surface area (Å²) in [7, 11) is 0. The van der Waals surface area contributed by atoms with Gasteiger partial charge in [0.1, 0.15) is 0 Å². The van der Waals surface area contributed by atoms with E-state index in [4.69, 9.17) is 10.5 Å². The molecule has 16 heavy (non-hydrogen) atoms. The average molecular weight is 228 g/mol. The minimum atomic E-state index is 0.130. The Morgan fingerprint density at radius 1 is 1.50 bits per heavy atom. The molecule has 0 bridgehead atoms. The Bertz CT molecular complexity index is 221. The molecule has 0 radical (unpaired) electrons. The molecule has 2 aliphatic rings. The van der Waals surface area contributed by atoms with Crippen molar-refractivity contribution in [1.82, 2.24) is 4.90 Å². The van der Waals surface area contributed by atoms with Crippen LogP contribution in [0.4, 0.5) is 0 Å². The van der Waals surface area contributed by atoms with E-state index in [1.807, 2.05) is 0 Å². The molecule has 3 unspecified atom stereocenters. The van der Waals surface area contributed by atoms with Gasteiger partial charge in [-0.3, -0.25) is 4.90 Å². The Balaban J connectivity index is 1.91. The first kappa shape index (κ1) is 12.3. The van der Waals surface area contributed by atoms with Crippen LogP contribution in [0.15, 0.2) is 0 Å². The molecule has 1 saturated heterocycles. The number of morpholine rings is 1. The Hall–Kier alpha value is -0.160. The highest BCUT2D eigenvalue weighted by Crippen LogP contribution is 2.34. The van der Waals surface area contributed by atoms with Gasteiger partial charge in [0.2, 0.25) is 0 Å². The fourth-order valence-electron chi connectivity index (χ4n) is 2.57. The van der Waals surface area contributed by atoms with Gasteiger partial charge in [-0.2, -0.15) is 0 Å². The lowest BCUT2D eigenvalue weighted by atomic mass is 10.0.